The monoisotopic (exact) mass is 506 g/mol. The van der Waals surface area contributed by atoms with E-state index in [9.17, 15) is 0 Å². The Morgan fingerprint density at radius 2 is 1.36 bits per heavy atom. The minimum absolute atomic E-state index is 0.552. The molecule has 4 nitrogen and oxygen atoms in total. The Morgan fingerprint density at radius 1 is 0.694 bits per heavy atom. The molecule has 0 aliphatic carbocycles. The molecule has 0 unspecified atom stereocenters. The maximum Gasteiger partial charge on any atom is 0.236 e. The quantitative estimate of drug-likeness (QED) is 0.216. The summed E-state index contributed by atoms with van der Waals surface area (Å²) in [6.45, 7) is 0. The molecule has 0 aliphatic rings. The molecule has 36 heavy (non-hydrogen) atoms. The molecule has 0 fully saturated rings. The normalized spacial score (nSPS) is 11.5. The van der Waals surface area contributed by atoms with Gasteiger partial charge in [0.15, 0.2) is 0 Å². The Kier molecular flexibility index (Phi) is 5.90. The first-order valence-corrected chi connectivity index (χ1v) is 12.2. The molecule has 0 saturated carbocycles. The van der Waals surface area contributed by atoms with Gasteiger partial charge >= 0.3 is 0 Å². The Morgan fingerprint density at radius 3 is 2.08 bits per heavy atom. The number of benzene rings is 4. The Hall–Kier alpha value is -4.12. The summed E-state index contributed by atoms with van der Waals surface area (Å²) in [7, 11) is 0. The first-order valence-electron chi connectivity index (χ1n) is 11.5. The second-order valence-corrected chi connectivity index (χ2v) is 9.22. The van der Waals surface area contributed by atoms with Crippen LogP contribution in [0, 0.1) is 0 Å². The molecule has 2 heterocycles. The van der Waals surface area contributed by atoms with E-state index in [1.165, 1.54) is 5.56 Å². The third-order valence-electron chi connectivity index (χ3n) is 6.02. The average Bonchev–Trinajstić information content (AvgIpc) is 3.48. The highest BCUT2D eigenvalue weighted by Gasteiger charge is 2.16. The van der Waals surface area contributed by atoms with Gasteiger partial charge in [0.05, 0.1) is 28.8 Å². The van der Waals surface area contributed by atoms with Crippen molar-refractivity contribution in [2.75, 3.05) is 0 Å². The van der Waals surface area contributed by atoms with Crippen LogP contribution < -0.4 is 0 Å². The summed E-state index contributed by atoms with van der Waals surface area (Å²) in [4.78, 5) is 4.88. The lowest BCUT2D eigenvalue weighted by molar-refractivity contribution is 0.906. The zero-order valence-corrected chi connectivity index (χ0v) is 20.6. The van der Waals surface area contributed by atoms with Crippen molar-refractivity contribution >= 4 is 35.2 Å². The zero-order valence-electron chi connectivity index (χ0n) is 19.1. The molecule has 6 aromatic rings. The summed E-state index contributed by atoms with van der Waals surface area (Å²) in [5.74, 6) is 0.685. The maximum atomic E-state index is 6.50. The molecule has 0 aliphatic heterocycles. The number of rotatable bonds is 5. The molecular formula is C30H20Cl2N4. The van der Waals surface area contributed by atoms with Crippen LogP contribution in [-0.4, -0.2) is 20.3 Å². The predicted molar refractivity (Wildman–Crippen MR) is 149 cm³/mol. The third kappa shape index (κ3) is 4.33. The Labute approximate surface area is 218 Å². The Balaban J connectivity index is 1.47. The molecule has 6 rings (SSSR count). The van der Waals surface area contributed by atoms with Gasteiger partial charge in [-0.3, -0.25) is 4.40 Å². The lowest BCUT2D eigenvalue weighted by Gasteiger charge is -2.04. The fourth-order valence-corrected chi connectivity index (χ4v) is 4.71. The molecule has 0 radical (unpaired) electrons. The van der Waals surface area contributed by atoms with E-state index in [2.05, 4.69) is 36.4 Å². The van der Waals surface area contributed by atoms with Crippen molar-refractivity contribution < 1.29 is 0 Å². The molecular weight excluding hydrogens is 487 g/mol. The molecule has 0 N–H and O–H groups in total. The van der Waals surface area contributed by atoms with Crippen molar-refractivity contribution in [3.8, 4) is 33.6 Å². The van der Waals surface area contributed by atoms with Crippen molar-refractivity contribution in [2.45, 2.75) is 0 Å². The predicted octanol–water partition coefficient (Wildman–Crippen LogP) is 8.33. The zero-order chi connectivity index (χ0) is 24.5. The van der Waals surface area contributed by atoms with Crippen LogP contribution in [0.1, 0.15) is 5.56 Å². The van der Waals surface area contributed by atoms with Gasteiger partial charge in [0, 0.05) is 22.3 Å². The van der Waals surface area contributed by atoms with Crippen LogP contribution in [0.15, 0.2) is 121 Å². The van der Waals surface area contributed by atoms with Gasteiger partial charge in [-0.15, -0.1) is 0 Å². The summed E-state index contributed by atoms with van der Waals surface area (Å²) in [5, 5.41) is 5.85. The van der Waals surface area contributed by atoms with Crippen molar-refractivity contribution in [3.63, 3.8) is 0 Å². The standard InChI is InChI=1S/C30H20Cl2N4/c31-25-15-16-26(27(32)17-25)28-19-35-29(24-13-11-23(12-14-24)22-9-5-2-6-10-22)20-36(30(35)34-28)33-18-21-7-3-1-4-8-21/h1-20H/b33-18+. The topological polar surface area (TPSA) is 34.6 Å². The van der Waals surface area contributed by atoms with Crippen molar-refractivity contribution in [3.05, 3.63) is 131 Å². The summed E-state index contributed by atoms with van der Waals surface area (Å²) in [6, 6.07) is 34.3. The fourth-order valence-electron chi connectivity index (χ4n) is 4.20. The van der Waals surface area contributed by atoms with Crippen LogP contribution in [-0.2, 0) is 0 Å². The number of halogens is 2. The highest BCUT2D eigenvalue weighted by molar-refractivity contribution is 6.36. The number of hydrogen-bond donors (Lipinski definition) is 0. The van der Waals surface area contributed by atoms with Gasteiger partial charge in [0.25, 0.3) is 0 Å². The first kappa shape index (κ1) is 22.4. The number of aromatic nitrogens is 3. The largest absolute Gasteiger partial charge is 0.282 e. The number of nitrogens with zero attached hydrogens (tertiary/aromatic N) is 4. The van der Waals surface area contributed by atoms with Crippen molar-refractivity contribution in [1.29, 1.82) is 0 Å². The maximum absolute atomic E-state index is 6.50. The Bertz CT molecular complexity index is 1680. The number of fused-ring (bicyclic) bond motifs is 1. The van der Waals surface area contributed by atoms with Crippen LogP contribution in [0.25, 0.3) is 39.4 Å². The summed E-state index contributed by atoms with van der Waals surface area (Å²) < 4.78 is 3.83. The smallest absolute Gasteiger partial charge is 0.236 e. The van der Waals surface area contributed by atoms with Crippen LogP contribution >= 0.6 is 23.2 Å². The summed E-state index contributed by atoms with van der Waals surface area (Å²) in [5.41, 5.74) is 6.94. The van der Waals surface area contributed by atoms with E-state index in [1.807, 2.05) is 83.7 Å². The van der Waals surface area contributed by atoms with Gasteiger partial charge in [0.2, 0.25) is 5.78 Å². The van der Waals surface area contributed by atoms with E-state index >= 15 is 0 Å². The summed E-state index contributed by atoms with van der Waals surface area (Å²) in [6.07, 6.45) is 5.80. The lowest BCUT2D eigenvalue weighted by Crippen LogP contribution is -1.90. The van der Waals surface area contributed by atoms with E-state index in [1.54, 1.807) is 10.7 Å². The number of imidazole rings is 2. The molecule has 2 aromatic heterocycles. The van der Waals surface area contributed by atoms with Crippen molar-refractivity contribution in [1.82, 2.24) is 14.1 Å². The fraction of sp³-hybridized carbons (Fsp3) is 0. The molecule has 0 saturated heterocycles. The van der Waals surface area contributed by atoms with Crippen LogP contribution in [0.4, 0.5) is 0 Å². The second-order valence-electron chi connectivity index (χ2n) is 8.38. The molecule has 0 amide bonds. The average molecular weight is 507 g/mol. The minimum Gasteiger partial charge on any atom is -0.282 e. The molecule has 0 spiro atoms. The van der Waals surface area contributed by atoms with E-state index in [-0.39, 0.29) is 0 Å². The summed E-state index contributed by atoms with van der Waals surface area (Å²) >= 11 is 12.6. The highest BCUT2D eigenvalue weighted by Crippen LogP contribution is 2.32. The molecule has 0 atom stereocenters. The van der Waals surface area contributed by atoms with Gasteiger partial charge in [-0.05, 0) is 34.9 Å². The lowest BCUT2D eigenvalue weighted by atomic mass is 10.0. The van der Waals surface area contributed by atoms with Crippen LogP contribution in [0.3, 0.4) is 0 Å². The molecule has 174 valence electrons. The van der Waals surface area contributed by atoms with E-state index in [0.29, 0.717) is 15.8 Å². The molecule has 6 heteroatoms. The highest BCUT2D eigenvalue weighted by atomic mass is 35.5. The minimum atomic E-state index is 0.552. The van der Waals surface area contributed by atoms with E-state index in [4.69, 9.17) is 33.3 Å². The molecule has 4 aromatic carbocycles. The van der Waals surface area contributed by atoms with E-state index < -0.39 is 0 Å². The SMILES string of the molecule is Clc1ccc(-c2cn3c(-c4ccc(-c5ccccc5)cc4)cn(/N=C/c4ccccc4)c3n2)c(Cl)c1. The third-order valence-corrected chi connectivity index (χ3v) is 6.57. The number of hydrogen-bond acceptors (Lipinski definition) is 2. The van der Waals surface area contributed by atoms with Gasteiger partial charge in [0.1, 0.15) is 0 Å². The van der Waals surface area contributed by atoms with Gasteiger partial charge in [-0.1, -0.05) is 108 Å². The van der Waals surface area contributed by atoms with Crippen LogP contribution in [0.2, 0.25) is 10.0 Å². The van der Waals surface area contributed by atoms with Gasteiger partial charge < -0.3 is 0 Å². The van der Waals surface area contributed by atoms with Gasteiger partial charge in [-0.25, -0.2) is 9.66 Å². The van der Waals surface area contributed by atoms with Crippen LogP contribution in [0.5, 0.6) is 0 Å². The molecule has 0 bridgehead atoms. The van der Waals surface area contributed by atoms with Crippen molar-refractivity contribution in [2.24, 2.45) is 5.10 Å². The van der Waals surface area contributed by atoms with E-state index in [0.717, 1.165) is 33.6 Å². The first-order chi connectivity index (χ1) is 17.7. The second kappa shape index (κ2) is 9.50. The van der Waals surface area contributed by atoms with Gasteiger partial charge in [-0.2, -0.15) is 5.10 Å².